The van der Waals surface area contributed by atoms with Crippen molar-refractivity contribution >= 4 is 21.6 Å². The zero-order chi connectivity index (χ0) is 21.7. The number of carbonyl (C=O) groups excluding carboxylic acids is 1. The Morgan fingerprint density at radius 2 is 1.63 bits per heavy atom. The van der Waals surface area contributed by atoms with Crippen LogP contribution in [0.15, 0.2) is 77.7 Å². The second kappa shape index (κ2) is 9.13. The van der Waals surface area contributed by atoms with Crippen molar-refractivity contribution < 1.29 is 13.2 Å². The van der Waals surface area contributed by atoms with Gasteiger partial charge in [0.25, 0.3) is 15.9 Å². The second-order valence-corrected chi connectivity index (χ2v) is 8.96. The number of rotatable bonds is 7. The van der Waals surface area contributed by atoms with E-state index in [4.69, 9.17) is 0 Å². The van der Waals surface area contributed by atoms with Crippen molar-refractivity contribution in [3.05, 3.63) is 95.1 Å². The van der Waals surface area contributed by atoms with E-state index in [0.29, 0.717) is 11.3 Å². The Morgan fingerprint density at radius 1 is 0.900 bits per heavy atom. The lowest BCUT2D eigenvalue weighted by Gasteiger charge is -2.19. The Morgan fingerprint density at radius 3 is 2.30 bits per heavy atom. The average molecular weight is 423 g/mol. The van der Waals surface area contributed by atoms with Crippen LogP contribution in [0, 0.1) is 13.8 Å². The fraction of sp³-hybridized carbons (Fsp3) is 0.208. The molecule has 0 saturated heterocycles. The van der Waals surface area contributed by atoms with E-state index in [9.17, 15) is 13.2 Å². The second-order valence-electron chi connectivity index (χ2n) is 7.28. The number of nitrogens with one attached hydrogen (secondary N) is 2. The van der Waals surface area contributed by atoms with Gasteiger partial charge >= 0.3 is 0 Å². The van der Waals surface area contributed by atoms with E-state index in [1.54, 1.807) is 42.5 Å². The quantitative estimate of drug-likeness (QED) is 0.563. The normalized spacial score (nSPS) is 12.2. The topological polar surface area (TPSA) is 75.3 Å². The maximum absolute atomic E-state index is 12.8. The van der Waals surface area contributed by atoms with Gasteiger partial charge in [0.2, 0.25) is 0 Å². The number of amides is 1. The van der Waals surface area contributed by atoms with E-state index < -0.39 is 10.0 Å². The largest absolute Gasteiger partial charge is 0.345 e. The van der Waals surface area contributed by atoms with Gasteiger partial charge in [-0.1, -0.05) is 49.4 Å². The molecule has 5 nitrogen and oxygen atoms in total. The van der Waals surface area contributed by atoms with Crippen LogP contribution >= 0.6 is 0 Å². The molecule has 0 aliphatic heterocycles. The summed E-state index contributed by atoms with van der Waals surface area (Å²) in [6.07, 6.45) is 0.745. The number of carbonyl (C=O) groups is 1. The highest BCUT2D eigenvalue weighted by molar-refractivity contribution is 7.92. The number of benzene rings is 3. The van der Waals surface area contributed by atoms with Crippen LogP contribution in [-0.4, -0.2) is 14.3 Å². The van der Waals surface area contributed by atoms with Gasteiger partial charge in [0.1, 0.15) is 0 Å². The molecule has 156 valence electrons. The highest BCUT2D eigenvalue weighted by Crippen LogP contribution is 2.22. The molecule has 0 aliphatic carbocycles. The molecule has 0 saturated carbocycles. The first-order chi connectivity index (χ1) is 14.3. The zero-order valence-corrected chi connectivity index (χ0v) is 18.2. The average Bonchev–Trinajstić information content (AvgIpc) is 2.74. The summed E-state index contributed by atoms with van der Waals surface area (Å²) in [6, 6.07) is 20.7. The fourth-order valence-corrected chi connectivity index (χ4v) is 4.25. The van der Waals surface area contributed by atoms with Crippen molar-refractivity contribution in [1.82, 2.24) is 5.32 Å². The third-order valence-corrected chi connectivity index (χ3v) is 6.47. The van der Waals surface area contributed by atoms with Crippen molar-refractivity contribution in [2.45, 2.75) is 38.1 Å². The molecular weight excluding hydrogens is 396 g/mol. The van der Waals surface area contributed by atoms with Gasteiger partial charge in [-0.05, 0) is 67.3 Å². The van der Waals surface area contributed by atoms with Crippen LogP contribution < -0.4 is 10.0 Å². The lowest BCUT2D eigenvalue weighted by atomic mass is 9.99. The summed E-state index contributed by atoms with van der Waals surface area (Å²) in [7, 11) is -3.72. The van der Waals surface area contributed by atoms with Gasteiger partial charge < -0.3 is 5.32 Å². The third-order valence-electron chi connectivity index (χ3n) is 5.08. The van der Waals surface area contributed by atoms with E-state index in [-0.39, 0.29) is 16.8 Å². The molecule has 0 unspecified atom stereocenters. The maximum atomic E-state index is 12.8. The molecule has 0 aromatic heterocycles. The Labute approximate surface area is 178 Å². The summed E-state index contributed by atoms with van der Waals surface area (Å²) in [6.45, 7) is 6.13. The monoisotopic (exact) mass is 422 g/mol. The Hall–Kier alpha value is -3.12. The fourth-order valence-electron chi connectivity index (χ4n) is 3.18. The van der Waals surface area contributed by atoms with Crippen LogP contribution in [0.2, 0.25) is 0 Å². The first-order valence-electron chi connectivity index (χ1n) is 9.86. The minimum absolute atomic E-state index is 0.124. The number of aryl methyl sites for hydroxylation is 2. The van der Waals surface area contributed by atoms with Crippen LogP contribution in [0.4, 0.5) is 5.69 Å². The molecule has 0 heterocycles. The number of hydrogen-bond acceptors (Lipinski definition) is 3. The van der Waals surface area contributed by atoms with Crippen LogP contribution in [-0.2, 0) is 10.0 Å². The van der Waals surface area contributed by atoms with Crippen molar-refractivity contribution in [3.8, 4) is 0 Å². The molecule has 30 heavy (non-hydrogen) atoms. The summed E-state index contributed by atoms with van der Waals surface area (Å²) >= 11 is 0. The minimum atomic E-state index is -3.72. The van der Waals surface area contributed by atoms with Gasteiger partial charge in [-0.2, -0.15) is 0 Å². The SMILES string of the molecule is CC[C@H](NC(=O)c1cccc(NS(=O)(=O)c2ccccc2)c1)c1ccc(C)c(C)c1. The number of hydrogen-bond donors (Lipinski definition) is 2. The van der Waals surface area contributed by atoms with Gasteiger partial charge in [-0.3, -0.25) is 9.52 Å². The van der Waals surface area contributed by atoms with E-state index in [0.717, 1.165) is 12.0 Å². The highest BCUT2D eigenvalue weighted by Gasteiger charge is 2.17. The molecule has 1 atom stereocenters. The summed E-state index contributed by atoms with van der Waals surface area (Å²) < 4.78 is 27.6. The van der Waals surface area contributed by atoms with Crippen molar-refractivity contribution in [2.24, 2.45) is 0 Å². The standard InChI is InChI=1S/C24H26N2O3S/c1-4-23(19-14-13-17(2)18(3)15-19)25-24(27)20-9-8-10-21(16-20)26-30(28,29)22-11-6-5-7-12-22/h5-16,23,26H,4H2,1-3H3,(H,25,27)/t23-/m0/s1. The minimum Gasteiger partial charge on any atom is -0.345 e. The maximum Gasteiger partial charge on any atom is 0.261 e. The predicted molar refractivity (Wildman–Crippen MR) is 120 cm³/mol. The van der Waals surface area contributed by atoms with Crippen molar-refractivity contribution in [1.29, 1.82) is 0 Å². The van der Waals surface area contributed by atoms with Gasteiger partial charge in [0, 0.05) is 11.3 Å². The zero-order valence-electron chi connectivity index (χ0n) is 17.3. The van der Waals surface area contributed by atoms with E-state index in [1.165, 1.54) is 23.3 Å². The molecule has 0 bridgehead atoms. The molecule has 2 N–H and O–H groups in total. The smallest absolute Gasteiger partial charge is 0.261 e. The van der Waals surface area contributed by atoms with Gasteiger partial charge in [-0.15, -0.1) is 0 Å². The van der Waals surface area contributed by atoms with Crippen molar-refractivity contribution in [3.63, 3.8) is 0 Å². The Kier molecular flexibility index (Phi) is 6.57. The van der Waals surface area contributed by atoms with Crippen LogP contribution in [0.5, 0.6) is 0 Å². The molecule has 3 aromatic rings. The van der Waals surface area contributed by atoms with Gasteiger partial charge in [0.05, 0.1) is 10.9 Å². The molecule has 0 aliphatic rings. The van der Waals surface area contributed by atoms with Crippen LogP contribution in [0.25, 0.3) is 0 Å². The van der Waals surface area contributed by atoms with Crippen LogP contribution in [0.3, 0.4) is 0 Å². The van der Waals surface area contributed by atoms with Gasteiger partial charge in [0.15, 0.2) is 0 Å². The third kappa shape index (κ3) is 5.07. The summed E-state index contributed by atoms with van der Waals surface area (Å²) in [5.74, 6) is -0.249. The number of sulfonamides is 1. The predicted octanol–water partition coefficient (Wildman–Crippen LogP) is 4.99. The van der Waals surface area contributed by atoms with E-state index >= 15 is 0 Å². The molecule has 3 aromatic carbocycles. The first-order valence-corrected chi connectivity index (χ1v) is 11.3. The lowest BCUT2D eigenvalue weighted by molar-refractivity contribution is 0.0935. The van der Waals surface area contributed by atoms with E-state index in [1.807, 2.05) is 13.0 Å². The highest BCUT2D eigenvalue weighted by atomic mass is 32.2. The number of anilines is 1. The molecule has 6 heteroatoms. The van der Waals surface area contributed by atoms with Gasteiger partial charge in [-0.25, -0.2) is 8.42 Å². The van der Waals surface area contributed by atoms with Crippen LogP contribution in [0.1, 0.15) is 46.4 Å². The molecule has 3 rings (SSSR count). The lowest BCUT2D eigenvalue weighted by Crippen LogP contribution is -2.28. The van der Waals surface area contributed by atoms with E-state index in [2.05, 4.69) is 36.0 Å². The molecule has 1 amide bonds. The molecule has 0 spiro atoms. The summed E-state index contributed by atoms with van der Waals surface area (Å²) in [4.78, 5) is 13.0. The molecular formula is C24H26N2O3S. The Bertz CT molecular complexity index is 1140. The summed E-state index contributed by atoms with van der Waals surface area (Å²) in [5.41, 5.74) is 4.17. The molecule has 0 fully saturated rings. The first kappa shape index (κ1) is 21.6. The summed E-state index contributed by atoms with van der Waals surface area (Å²) in [5, 5.41) is 3.05. The van der Waals surface area contributed by atoms with Crippen molar-refractivity contribution in [2.75, 3.05) is 4.72 Å². The molecule has 0 radical (unpaired) electrons. The Balaban J connectivity index is 1.77.